The zero-order valence-electron chi connectivity index (χ0n) is 26.8. The lowest BCUT2D eigenvalue weighted by atomic mass is 9.87. The van der Waals surface area contributed by atoms with Gasteiger partial charge in [0, 0.05) is 47.4 Å². The van der Waals surface area contributed by atoms with Crippen LogP contribution in [-0.4, -0.2) is 51.2 Å². The first-order valence-corrected chi connectivity index (χ1v) is 16.2. The maximum atomic E-state index is 6.89. The van der Waals surface area contributed by atoms with Gasteiger partial charge in [0.05, 0.1) is 14.2 Å². The molecule has 12 rings (SSSR count). The molecular weight excluding hydrogens is 580 g/mol. The summed E-state index contributed by atoms with van der Waals surface area (Å²) in [6, 6.07) is 17.6. The molecule has 0 fully saturated rings. The number of benzene rings is 4. The van der Waals surface area contributed by atoms with Crippen LogP contribution in [0.3, 0.4) is 0 Å². The highest BCUT2D eigenvalue weighted by Crippen LogP contribution is 2.54. The van der Waals surface area contributed by atoms with Gasteiger partial charge in [0.1, 0.15) is 24.7 Å². The Balaban J connectivity index is 1.28. The van der Waals surface area contributed by atoms with Crippen molar-refractivity contribution in [2.75, 3.05) is 41.4 Å². The fourth-order valence-corrected chi connectivity index (χ4v) is 8.06. The van der Waals surface area contributed by atoms with Gasteiger partial charge in [0.15, 0.2) is 23.0 Å². The van der Waals surface area contributed by atoms with Crippen LogP contribution in [0.1, 0.15) is 56.6 Å². The molecule has 0 saturated carbocycles. The van der Waals surface area contributed by atoms with Crippen molar-refractivity contribution in [1.29, 1.82) is 0 Å². The summed E-state index contributed by atoms with van der Waals surface area (Å²) in [6.07, 6.45) is 3.41. The number of nitrogens with zero attached hydrogens (tertiary/aromatic N) is 2. The normalized spacial score (nSPS) is 20.9. The molecule has 236 valence electrons. The predicted octanol–water partition coefficient (Wildman–Crippen LogP) is 6.93. The topological polar surface area (TPSA) is 61.9 Å². The number of likely N-dealkylation sites (N-methyl/N-ethyl adjacent to an activating group) is 2. The molecule has 0 amide bonds. The average molecular weight is 619 g/mol. The van der Waals surface area contributed by atoms with Crippen molar-refractivity contribution in [2.24, 2.45) is 0 Å². The maximum Gasteiger partial charge on any atom is 0.204 e. The van der Waals surface area contributed by atoms with Crippen LogP contribution in [0.25, 0.3) is 0 Å². The lowest BCUT2D eigenvalue weighted by Gasteiger charge is -2.37. The van der Waals surface area contributed by atoms with E-state index < -0.39 is 0 Å². The van der Waals surface area contributed by atoms with Crippen LogP contribution in [0.5, 0.6) is 46.0 Å². The first-order chi connectivity index (χ1) is 22.5. The number of rotatable bonds is 2. The smallest absolute Gasteiger partial charge is 0.204 e. The van der Waals surface area contributed by atoms with E-state index in [1.165, 1.54) is 33.4 Å². The predicted molar refractivity (Wildman–Crippen MR) is 173 cm³/mol. The van der Waals surface area contributed by atoms with Gasteiger partial charge in [-0.25, -0.2) is 0 Å². The molecule has 0 aromatic heterocycles. The second-order valence-electron chi connectivity index (χ2n) is 13.2. The summed E-state index contributed by atoms with van der Waals surface area (Å²) in [6.45, 7) is 2.68. The molecular formula is C38H38N2O6. The molecule has 0 N–H and O–H groups in total. The highest BCUT2D eigenvalue weighted by molar-refractivity contribution is 5.65. The summed E-state index contributed by atoms with van der Waals surface area (Å²) in [5, 5.41) is 0. The fourth-order valence-electron chi connectivity index (χ4n) is 8.06. The molecule has 8 heteroatoms. The monoisotopic (exact) mass is 618 g/mol. The molecule has 8 heterocycles. The van der Waals surface area contributed by atoms with E-state index in [9.17, 15) is 0 Å². The third kappa shape index (κ3) is 4.27. The summed E-state index contributed by atoms with van der Waals surface area (Å²) in [5.41, 5.74) is 9.28. The molecule has 8 bridgehead atoms. The van der Waals surface area contributed by atoms with E-state index in [4.69, 9.17) is 28.4 Å². The van der Waals surface area contributed by atoms with Crippen molar-refractivity contribution < 1.29 is 28.4 Å². The lowest BCUT2D eigenvalue weighted by Crippen LogP contribution is -2.34. The zero-order chi connectivity index (χ0) is 31.1. The van der Waals surface area contributed by atoms with Gasteiger partial charge in [-0.05, 0) is 98.4 Å². The quantitative estimate of drug-likeness (QED) is 0.240. The van der Waals surface area contributed by atoms with E-state index in [0.717, 1.165) is 84.4 Å². The van der Waals surface area contributed by atoms with E-state index in [2.05, 4.69) is 72.4 Å². The zero-order valence-corrected chi connectivity index (χ0v) is 26.8. The SMILES string of the molecule is COc1cc2c3c4c1OCc1cc(ccc1O4)CC1c4c(cc(OC)c5c4Oc4ccc(cc4CO5)CC3N(C)CC2)CCN1C. The Morgan fingerprint density at radius 1 is 0.587 bits per heavy atom. The molecule has 0 spiro atoms. The lowest BCUT2D eigenvalue weighted by molar-refractivity contribution is 0.220. The second-order valence-corrected chi connectivity index (χ2v) is 13.2. The van der Waals surface area contributed by atoms with Gasteiger partial charge in [-0.15, -0.1) is 0 Å². The Hall–Kier alpha value is -4.40. The van der Waals surface area contributed by atoms with Crippen molar-refractivity contribution in [3.05, 3.63) is 93.0 Å². The summed E-state index contributed by atoms with van der Waals surface area (Å²) >= 11 is 0. The van der Waals surface area contributed by atoms with E-state index >= 15 is 0 Å². The van der Waals surface area contributed by atoms with Crippen LogP contribution < -0.4 is 28.4 Å². The molecule has 2 unspecified atom stereocenters. The molecule has 0 saturated heterocycles. The molecule has 46 heavy (non-hydrogen) atoms. The van der Waals surface area contributed by atoms with Crippen LogP contribution >= 0.6 is 0 Å². The van der Waals surface area contributed by atoms with Crippen LogP contribution in [-0.2, 0) is 38.9 Å². The minimum absolute atomic E-state index is 0.0815. The molecule has 8 nitrogen and oxygen atoms in total. The minimum atomic E-state index is 0.0815. The summed E-state index contributed by atoms with van der Waals surface area (Å²) in [4.78, 5) is 4.85. The van der Waals surface area contributed by atoms with E-state index in [1.807, 2.05) is 0 Å². The van der Waals surface area contributed by atoms with E-state index in [-0.39, 0.29) is 12.1 Å². The van der Waals surface area contributed by atoms with Crippen molar-refractivity contribution in [3.8, 4) is 46.0 Å². The minimum Gasteiger partial charge on any atom is -0.493 e. The van der Waals surface area contributed by atoms with Crippen LogP contribution in [0, 0.1) is 0 Å². The highest BCUT2D eigenvalue weighted by Gasteiger charge is 2.37. The van der Waals surface area contributed by atoms with Gasteiger partial charge >= 0.3 is 0 Å². The maximum absolute atomic E-state index is 6.89. The van der Waals surface area contributed by atoms with Gasteiger partial charge in [-0.2, -0.15) is 0 Å². The Kier molecular flexibility index (Phi) is 6.41. The molecule has 0 radical (unpaired) electrons. The Bertz CT molecular complexity index is 1770. The van der Waals surface area contributed by atoms with E-state index in [0.29, 0.717) is 24.7 Å². The van der Waals surface area contributed by atoms with Crippen LogP contribution in [0.15, 0.2) is 48.5 Å². The Morgan fingerprint density at radius 2 is 1.04 bits per heavy atom. The van der Waals surface area contributed by atoms with Crippen molar-refractivity contribution >= 4 is 0 Å². The van der Waals surface area contributed by atoms with Gasteiger partial charge in [-0.3, -0.25) is 9.80 Å². The van der Waals surface area contributed by atoms with Gasteiger partial charge < -0.3 is 28.4 Å². The Labute approximate surface area is 269 Å². The largest absolute Gasteiger partial charge is 0.493 e. The molecule has 0 aliphatic carbocycles. The molecule has 8 aliphatic rings. The fraction of sp³-hybridized carbons (Fsp3) is 0.368. The molecule has 2 atom stereocenters. The molecule has 8 aliphatic heterocycles. The third-order valence-corrected chi connectivity index (χ3v) is 10.6. The van der Waals surface area contributed by atoms with Gasteiger partial charge in [0.25, 0.3) is 0 Å². The number of hydrogen-bond donors (Lipinski definition) is 0. The van der Waals surface area contributed by atoms with E-state index in [1.54, 1.807) is 14.2 Å². The number of ether oxygens (including phenoxy) is 6. The Morgan fingerprint density at radius 3 is 1.48 bits per heavy atom. The number of hydrogen-bond acceptors (Lipinski definition) is 8. The van der Waals surface area contributed by atoms with Crippen molar-refractivity contribution in [3.63, 3.8) is 0 Å². The summed E-state index contributed by atoms with van der Waals surface area (Å²) < 4.78 is 38.7. The third-order valence-electron chi connectivity index (χ3n) is 10.6. The van der Waals surface area contributed by atoms with Crippen LogP contribution in [0.4, 0.5) is 0 Å². The average Bonchev–Trinajstić information content (AvgIpc) is 3.38. The van der Waals surface area contributed by atoms with Gasteiger partial charge in [0.2, 0.25) is 11.5 Å². The highest BCUT2D eigenvalue weighted by atomic mass is 16.6. The first kappa shape index (κ1) is 27.9. The van der Waals surface area contributed by atoms with Crippen molar-refractivity contribution in [1.82, 2.24) is 9.80 Å². The molecule has 4 aromatic carbocycles. The van der Waals surface area contributed by atoms with Crippen LogP contribution in [0.2, 0.25) is 0 Å². The second kappa shape index (κ2) is 10.6. The number of methoxy groups -OCH3 is 2. The summed E-state index contributed by atoms with van der Waals surface area (Å²) in [5.74, 6) is 5.99. The molecule has 4 aromatic rings. The van der Waals surface area contributed by atoms with Gasteiger partial charge in [-0.1, -0.05) is 12.1 Å². The first-order valence-electron chi connectivity index (χ1n) is 16.2. The standard InChI is InChI=1S/C38H38N2O6/c1-39-11-9-23-17-31(41-3)35-37-33(23)27(39)15-21-5-7-30-25(13-21)19-44-36-32(42-4)18-24-10-12-40(2)28(34(24)38(36)46-30)16-22-6-8-29(45-37)26(14-22)20-43-35/h5-8,13-14,17-18,27-28H,9-12,15-16,19-20H2,1-4H3. The summed E-state index contributed by atoms with van der Waals surface area (Å²) in [7, 11) is 7.81. The van der Waals surface area contributed by atoms with Crippen molar-refractivity contribution in [2.45, 2.75) is 51.0 Å².